The van der Waals surface area contributed by atoms with E-state index in [1.165, 1.54) is 77.3 Å². The highest BCUT2D eigenvalue weighted by atomic mass is 16.2. The lowest BCUT2D eigenvalue weighted by atomic mass is 9.94. The molecule has 0 aromatic rings. The Labute approximate surface area is 466 Å². The Kier molecular flexibility index (Phi) is 64.6. The maximum Gasteiger partial charge on any atom is 0.220 e. The largest absolute Gasteiger partial charge is 0.356 e. The van der Waals surface area contributed by atoms with Crippen molar-refractivity contribution in [3.63, 3.8) is 0 Å². The highest BCUT2D eigenvalue weighted by Crippen LogP contribution is 2.15. The van der Waals surface area contributed by atoms with Gasteiger partial charge in [0.15, 0.2) is 0 Å². The van der Waals surface area contributed by atoms with E-state index in [9.17, 15) is 19.2 Å². The summed E-state index contributed by atoms with van der Waals surface area (Å²) in [5.41, 5.74) is 5.38. The average Bonchev–Trinajstić information content (AvgIpc) is 3.35. The van der Waals surface area contributed by atoms with Crippen molar-refractivity contribution in [3.8, 4) is 0 Å². The van der Waals surface area contributed by atoms with E-state index in [0.29, 0.717) is 79.9 Å². The second-order valence-electron chi connectivity index (χ2n) is 23.3. The molecular weight excluding hydrogens is 935 g/mol. The van der Waals surface area contributed by atoms with Crippen molar-refractivity contribution in [1.29, 1.82) is 0 Å². The monoisotopic (exact) mass is 1070 g/mol. The van der Waals surface area contributed by atoms with Crippen LogP contribution in [0.5, 0.6) is 0 Å². The van der Waals surface area contributed by atoms with Crippen LogP contribution in [0.4, 0.5) is 0 Å². The highest BCUT2D eigenvalue weighted by Gasteiger charge is 2.14. The minimum atomic E-state index is 0.177. The van der Waals surface area contributed by atoms with Crippen LogP contribution < -0.4 is 48.3 Å². The van der Waals surface area contributed by atoms with Crippen LogP contribution in [0, 0.1) is 41.4 Å². The maximum atomic E-state index is 11.8. The minimum Gasteiger partial charge on any atom is -0.356 e. The number of hydrogen-bond acceptors (Lipinski definition) is 10. The summed E-state index contributed by atoms with van der Waals surface area (Å²) in [5, 5.41) is 25.7. The van der Waals surface area contributed by atoms with Gasteiger partial charge in [-0.05, 0) is 165 Å². The van der Waals surface area contributed by atoms with Crippen LogP contribution >= 0.6 is 0 Å². The zero-order valence-electron chi connectivity index (χ0n) is 52.6. The predicted molar refractivity (Wildman–Crippen MR) is 327 cm³/mol. The molecule has 0 aliphatic heterocycles. The number of amides is 3. The van der Waals surface area contributed by atoms with Gasteiger partial charge >= 0.3 is 0 Å². The molecule has 0 aromatic heterocycles. The third kappa shape index (κ3) is 67.9. The molecule has 4 atom stereocenters. The van der Waals surface area contributed by atoms with E-state index < -0.39 is 0 Å². The molecule has 0 fully saturated rings. The molecule has 13 heteroatoms. The molecule has 0 saturated carbocycles. The molecule has 0 heterocycles. The molecule has 10 N–H and O–H groups in total. The fourth-order valence-corrected chi connectivity index (χ4v) is 7.28. The Morgan fingerprint density at radius 1 is 0.373 bits per heavy atom. The summed E-state index contributed by atoms with van der Waals surface area (Å²) >= 11 is 0. The van der Waals surface area contributed by atoms with Crippen LogP contribution in [-0.2, 0) is 19.2 Å². The number of hydrogen-bond donors (Lipinski definition) is 9. The van der Waals surface area contributed by atoms with Crippen LogP contribution in [0.15, 0.2) is 0 Å². The first-order valence-corrected chi connectivity index (χ1v) is 31.3. The second-order valence-corrected chi connectivity index (χ2v) is 23.3. The van der Waals surface area contributed by atoms with Crippen LogP contribution in [0.25, 0.3) is 0 Å². The Balaban J connectivity index is -0.000000459. The van der Waals surface area contributed by atoms with Crippen molar-refractivity contribution in [3.05, 3.63) is 0 Å². The molecule has 0 rings (SSSR count). The van der Waals surface area contributed by atoms with Crippen molar-refractivity contribution in [2.45, 2.75) is 251 Å². The molecular formula is C62H133N9O4. The van der Waals surface area contributed by atoms with Crippen LogP contribution in [0.3, 0.4) is 0 Å². The minimum absolute atomic E-state index is 0.177. The lowest BCUT2D eigenvalue weighted by Gasteiger charge is -2.14. The van der Waals surface area contributed by atoms with E-state index in [0.717, 1.165) is 116 Å². The van der Waals surface area contributed by atoms with E-state index in [4.69, 9.17) is 5.73 Å². The lowest BCUT2D eigenvalue weighted by molar-refractivity contribution is -0.123. The van der Waals surface area contributed by atoms with Gasteiger partial charge in [-0.15, -0.1) is 0 Å². The number of nitrogens with one attached hydrogen (secondary N) is 8. The first kappa shape index (κ1) is 79.3. The number of carbonyl (C=O) groups excluding carboxylic acids is 4. The first-order valence-electron chi connectivity index (χ1n) is 31.3. The van der Waals surface area contributed by atoms with E-state index in [1.54, 1.807) is 0 Å². The summed E-state index contributed by atoms with van der Waals surface area (Å²) in [7, 11) is 1.89. The van der Waals surface area contributed by atoms with Crippen LogP contribution in [-0.4, -0.2) is 115 Å². The molecule has 0 bridgehead atoms. The van der Waals surface area contributed by atoms with Crippen molar-refractivity contribution in [2.24, 2.45) is 47.2 Å². The van der Waals surface area contributed by atoms with Gasteiger partial charge in [0.2, 0.25) is 17.7 Å². The van der Waals surface area contributed by atoms with Crippen molar-refractivity contribution < 1.29 is 19.2 Å². The summed E-state index contributed by atoms with van der Waals surface area (Å²) in [6, 6.07) is 0.273. The van der Waals surface area contributed by atoms with Gasteiger partial charge in [0.05, 0.1) is 0 Å². The van der Waals surface area contributed by atoms with Crippen molar-refractivity contribution in [1.82, 2.24) is 42.5 Å². The Morgan fingerprint density at radius 2 is 0.680 bits per heavy atom. The fraction of sp³-hybridized carbons (Fsp3) is 0.935. The summed E-state index contributed by atoms with van der Waals surface area (Å²) in [4.78, 5) is 46.7. The molecule has 0 aliphatic rings. The normalized spacial score (nSPS) is 12.7. The van der Waals surface area contributed by atoms with E-state index in [1.807, 2.05) is 14.0 Å². The smallest absolute Gasteiger partial charge is 0.220 e. The first-order chi connectivity index (χ1) is 35.8. The van der Waals surface area contributed by atoms with Gasteiger partial charge in [0.1, 0.15) is 5.78 Å². The maximum absolute atomic E-state index is 11.8. The van der Waals surface area contributed by atoms with Gasteiger partial charge < -0.3 is 48.3 Å². The number of unbranched alkanes of at least 4 members (excludes halogenated alkanes) is 10. The molecule has 0 saturated heterocycles. The van der Waals surface area contributed by atoms with Crippen LogP contribution in [0.1, 0.15) is 245 Å². The number of nitrogens with two attached hydrogens (primary N) is 1. The van der Waals surface area contributed by atoms with Gasteiger partial charge in [-0.3, -0.25) is 19.2 Å². The van der Waals surface area contributed by atoms with Gasteiger partial charge in [0.25, 0.3) is 0 Å². The predicted octanol–water partition coefficient (Wildman–Crippen LogP) is 11.3. The Bertz CT molecular complexity index is 1220. The summed E-state index contributed by atoms with van der Waals surface area (Å²) in [6.45, 7) is 42.1. The molecule has 0 aliphatic carbocycles. The average molecular weight is 1070 g/mol. The van der Waals surface area contributed by atoms with Gasteiger partial charge in [-0.2, -0.15) is 0 Å². The topological polar surface area (TPSA) is 191 Å². The molecule has 75 heavy (non-hydrogen) atoms. The molecule has 13 nitrogen and oxygen atoms in total. The number of rotatable bonds is 48. The molecule has 0 aromatic carbocycles. The summed E-state index contributed by atoms with van der Waals surface area (Å²) in [6.07, 6.45) is 25.0. The van der Waals surface area contributed by atoms with E-state index >= 15 is 0 Å². The Hall–Kier alpha value is -2.16. The molecule has 3 amide bonds. The van der Waals surface area contributed by atoms with Crippen LogP contribution in [0.2, 0.25) is 0 Å². The molecule has 4 unspecified atom stereocenters. The number of ketones is 1. The van der Waals surface area contributed by atoms with Crippen molar-refractivity contribution in [2.75, 3.05) is 85.6 Å². The van der Waals surface area contributed by atoms with Gasteiger partial charge in [-0.25, -0.2) is 0 Å². The van der Waals surface area contributed by atoms with Gasteiger partial charge in [-0.1, -0.05) is 141 Å². The Morgan fingerprint density at radius 3 is 0.987 bits per heavy atom. The van der Waals surface area contributed by atoms with E-state index in [-0.39, 0.29) is 23.8 Å². The third-order valence-corrected chi connectivity index (χ3v) is 14.2. The number of Topliss-reactive ketones (excluding diaryl/α,β-unsaturated/α-hetero) is 1. The quantitative estimate of drug-likeness (QED) is 0.0265. The highest BCUT2D eigenvalue weighted by molar-refractivity contribution is 5.79. The summed E-state index contributed by atoms with van der Waals surface area (Å²) < 4.78 is 0. The second kappa shape index (κ2) is 61.1. The zero-order chi connectivity index (χ0) is 57.3. The third-order valence-electron chi connectivity index (χ3n) is 14.2. The number of carbonyl (C=O) groups is 4. The molecule has 450 valence electrons. The van der Waals surface area contributed by atoms with E-state index in [2.05, 4.69) is 133 Å². The lowest BCUT2D eigenvalue weighted by Crippen LogP contribution is -2.27. The van der Waals surface area contributed by atoms with Gasteiger partial charge in [0, 0.05) is 70.9 Å². The standard InChI is InChI=1S/C20H41N3O2.C16H34N2O.C14H31N3O.C12H27N/c1-16(2)17(3)14-20(25)23-13-8-6-7-11-22-12-9-10-19(24)15-18(4)21-5;1-5-6-10-17-11-8-7-9-12-18-16(19)13-15(4)14(2)3;1-12(2)13(3)11-14(18)17-9-6-4-5-8-16-10-7-15;1-4-5-10-13-11-8-6-7-9-12(2)3/h16-18,21-22H,6-15H2,1-5H3,(H,23,25);14-15,17H,5-13H2,1-4H3,(H,18,19);12-13,16H,4-11,15H2,1-3H3,(H,17,18);12-13H,4-11H2,1-3H3. The molecule has 0 radical (unpaired) electrons. The molecule has 0 spiro atoms. The van der Waals surface area contributed by atoms with Crippen molar-refractivity contribution >= 4 is 23.5 Å². The SMILES string of the molecule is CC(C)C(C)CC(=O)NCCCCCNCCN.CCCCNCCCCCC(C)C.CCCCNCCCCCNC(=O)CC(C)C(C)C.CNC(C)CC(=O)CCCNCCCCCNC(=O)CC(C)C(C)C. The zero-order valence-corrected chi connectivity index (χ0v) is 52.6. The summed E-state index contributed by atoms with van der Waals surface area (Å²) in [5.74, 6) is 4.89. The fourth-order valence-electron chi connectivity index (χ4n) is 7.28.